The summed E-state index contributed by atoms with van der Waals surface area (Å²) >= 11 is 0. The van der Waals surface area contributed by atoms with Crippen LogP contribution in [0.3, 0.4) is 0 Å². The van der Waals surface area contributed by atoms with Gasteiger partial charge in [-0.15, -0.1) is 0 Å². The number of rotatable bonds is 4. The predicted molar refractivity (Wildman–Crippen MR) is 61.0 cm³/mol. The Morgan fingerprint density at radius 3 is 2.56 bits per heavy atom. The zero-order chi connectivity index (χ0) is 12.3. The van der Waals surface area contributed by atoms with E-state index in [1.165, 1.54) is 7.11 Å². The molecule has 1 aromatic rings. The van der Waals surface area contributed by atoms with Gasteiger partial charge in [0.25, 0.3) is 0 Å². The van der Waals surface area contributed by atoms with Crippen molar-refractivity contribution in [3.63, 3.8) is 0 Å². The standard InChI is InChI=1S/C10H12ClFO3S/c1-7-3-4-9(15-2)8(10(7)12)5-6-16(11,13)14/h3-4H,5-6H2,1-2H3. The zero-order valence-corrected chi connectivity index (χ0v) is 10.5. The largest absolute Gasteiger partial charge is 0.496 e. The highest BCUT2D eigenvalue weighted by Crippen LogP contribution is 2.25. The molecule has 0 aromatic heterocycles. The molecule has 0 spiro atoms. The summed E-state index contributed by atoms with van der Waals surface area (Å²) in [5.74, 6) is -0.422. The van der Waals surface area contributed by atoms with E-state index >= 15 is 0 Å². The fourth-order valence-corrected chi connectivity index (χ4v) is 2.05. The molecule has 0 unspecified atom stereocenters. The van der Waals surface area contributed by atoms with Gasteiger partial charge < -0.3 is 4.74 Å². The number of benzene rings is 1. The Morgan fingerprint density at radius 2 is 2.06 bits per heavy atom. The fourth-order valence-electron chi connectivity index (χ4n) is 1.37. The molecule has 0 fully saturated rings. The Hall–Kier alpha value is -0.810. The first-order chi connectivity index (χ1) is 7.35. The van der Waals surface area contributed by atoms with Crippen LogP contribution in [0.4, 0.5) is 4.39 Å². The number of halogens is 2. The fraction of sp³-hybridized carbons (Fsp3) is 0.400. The molecule has 6 heteroatoms. The second kappa shape index (κ2) is 5.01. The summed E-state index contributed by atoms with van der Waals surface area (Å²) in [5, 5.41) is 0. The second-order valence-corrected chi connectivity index (χ2v) is 6.27. The van der Waals surface area contributed by atoms with E-state index < -0.39 is 14.9 Å². The molecule has 0 heterocycles. The first-order valence-electron chi connectivity index (χ1n) is 4.59. The van der Waals surface area contributed by atoms with Gasteiger partial charge in [0.1, 0.15) is 11.6 Å². The molecule has 0 N–H and O–H groups in total. The third-order valence-corrected chi connectivity index (χ3v) is 3.36. The van der Waals surface area contributed by atoms with Gasteiger partial charge in [-0.05, 0) is 25.0 Å². The average Bonchev–Trinajstić information content (AvgIpc) is 2.19. The molecule has 0 amide bonds. The molecular weight excluding hydrogens is 255 g/mol. The van der Waals surface area contributed by atoms with Crippen LogP contribution in [0.5, 0.6) is 5.75 Å². The quantitative estimate of drug-likeness (QED) is 0.785. The van der Waals surface area contributed by atoms with Crippen molar-refractivity contribution in [2.24, 2.45) is 0 Å². The maximum atomic E-state index is 13.7. The summed E-state index contributed by atoms with van der Waals surface area (Å²) < 4.78 is 40.3. The van der Waals surface area contributed by atoms with Crippen LogP contribution >= 0.6 is 10.7 Å². The maximum Gasteiger partial charge on any atom is 0.232 e. The Balaban J connectivity index is 3.06. The number of methoxy groups -OCH3 is 1. The van der Waals surface area contributed by atoms with Gasteiger partial charge in [-0.3, -0.25) is 0 Å². The highest BCUT2D eigenvalue weighted by molar-refractivity contribution is 8.13. The van der Waals surface area contributed by atoms with E-state index in [9.17, 15) is 12.8 Å². The van der Waals surface area contributed by atoms with Crippen molar-refractivity contribution in [2.75, 3.05) is 12.9 Å². The predicted octanol–water partition coefficient (Wildman–Crippen LogP) is 2.25. The second-order valence-electron chi connectivity index (χ2n) is 3.37. The van der Waals surface area contributed by atoms with Crippen LogP contribution in [0.15, 0.2) is 12.1 Å². The molecule has 0 aliphatic rings. The van der Waals surface area contributed by atoms with Gasteiger partial charge in [0.2, 0.25) is 9.05 Å². The van der Waals surface area contributed by atoms with E-state index in [1.807, 2.05) is 0 Å². The molecule has 3 nitrogen and oxygen atoms in total. The molecule has 1 rings (SSSR count). The lowest BCUT2D eigenvalue weighted by Crippen LogP contribution is -2.05. The van der Waals surface area contributed by atoms with Crippen LogP contribution in [0, 0.1) is 12.7 Å². The van der Waals surface area contributed by atoms with E-state index in [-0.39, 0.29) is 17.7 Å². The number of hydrogen-bond donors (Lipinski definition) is 0. The summed E-state index contributed by atoms with van der Waals surface area (Å²) in [6, 6.07) is 3.18. The van der Waals surface area contributed by atoms with Gasteiger partial charge in [0.15, 0.2) is 0 Å². The van der Waals surface area contributed by atoms with E-state index in [4.69, 9.17) is 15.4 Å². The van der Waals surface area contributed by atoms with E-state index in [1.54, 1.807) is 19.1 Å². The molecular formula is C10H12ClFO3S. The molecule has 0 saturated heterocycles. The monoisotopic (exact) mass is 266 g/mol. The molecule has 0 bridgehead atoms. The Labute approximate surface area is 98.6 Å². The van der Waals surface area contributed by atoms with Gasteiger partial charge in [-0.2, -0.15) is 0 Å². The lowest BCUT2D eigenvalue weighted by atomic mass is 10.1. The lowest BCUT2D eigenvalue weighted by Gasteiger charge is -2.10. The molecule has 0 aliphatic carbocycles. The van der Waals surface area contributed by atoms with Crippen LogP contribution < -0.4 is 4.74 Å². The first-order valence-corrected chi connectivity index (χ1v) is 7.07. The molecule has 0 aliphatic heterocycles. The summed E-state index contributed by atoms with van der Waals surface area (Å²) in [5.41, 5.74) is 0.689. The zero-order valence-electron chi connectivity index (χ0n) is 8.96. The third-order valence-electron chi connectivity index (χ3n) is 2.21. The molecule has 1 aromatic carbocycles. The molecule has 16 heavy (non-hydrogen) atoms. The average molecular weight is 267 g/mol. The van der Waals surface area contributed by atoms with Gasteiger partial charge in [0.05, 0.1) is 12.9 Å². The van der Waals surface area contributed by atoms with E-state index in [0.29, 0.717) is 11.3 Å². The normalized spacial score (nSPS) is 11.5. The third kappa shape index (κ3) is 3.35. The SMILES string of the molecule is COc1ccc(C)c(F)c1CCS(=O)(=O)Cl. The topological polar surface area (TPSA) is 43.4 Å². The van der Waals surface area contributed by atoms with Crippen molar-refractivity contribution in [1.29, 1.82) is 0 Å². The van der Waals surface area contributed by atoms with Crippen LogP contribution in [0.25, 0.3) is 0 Å². The summed E-state index contributed by atoms with van der Waals surface area (Å²) in [4.78, 5) is 0. The highest BCUT2D eigenvalue weighted by Gasteiger charge is 2.15. The van der Waals surface area contributed by atoms with Crippen LogP contribution in [-0.4, -0.2) is 21.3 Å². The minimum Gasteiger partial charge on any atom is -0.496 e. The van der Waals surface area contributed by atoms with Crippen molar-refractivity contribution < 1.29 is 17.5 Å². The molecule has 90 valence electrons. The summed E-state index contributed by atoms with van der Waals surface area (Å²) in [6.45, 7) is 1.60. The Morgan fingerprint density at radius 1 is 1.44 bits per heavy atom. The smallest absolute Gasteiger partial charge is 0.232 e. The Kier molecular flexibility index (Phi) is 4.15. The van der Waals surface area contributed by atoms with Gasteiger partial charge in [-0.25, -0.2) is 12.8 Å². The highest BCUT2D eigenvalue weighted by atomic mass is 35.7. The minimum absolute atomic E-state index is 0.00250. The maximum absolute atomic E-state index is 13.7. The summed E-state index contributed by atoms with van der Waals surface area (Å²) in [7, 11) is 2.86. The molecule has 0 radical (unpaired) electrons. The minimum atomic E-state index is -3.63. The van der Waals surface area contributed by atoms with Crippen molar-refractivity contribution in [3.05, 3.63) is 29.1 Å². The number of hydrogen-bond acceptors (Lipinski definition) is 3. The van der Waals surface area contributed by atoms with Gasteiger partial charge in [0, 0.05) is 16.2 Å². The number of ether oxygens (including phenoxy) is 1. The van der Waals surface area contributed by atoms with Crippen LogP contribution in [0.1, 0.15) is 11.1 Å². The van der Waals surface area contributed by atoms with Gasteiger partial charge in [-0.1, -0.05) is 6.07 Å². The van der Waals surface area contributed by atoms with Crippen molar-refractivity contribution >= 4 is 19.7 Å². The molecule has 0 saturated carbocycles. The first kappa shape index (κ1) is 13.3. The molecule has 0 atom stereocenters. The van der Waals surface area contributed by atoms with E-state index in [0.717, 1.165) is 0 Å². The van der Waals surface area contributed by atoms with E-state index in [2.05, 4.69) is 0 Å². The Bertz CT molecular complexity index is 485. The summed E-state index contributed by atoms with van der Waals surface area (Å²) in [6.07, 6.45) is 0.00250. The van der Waals surface area contributed by atoms with Gasteiger partial charge >= 0.3 is 0 Å². The lowest BCUT2D eigenvalue weighted by molar-refractivity contribution is 0.404. The van der Waals surface area contributed by atoms with Crippen LogP contribution in [0.2, 0.25) is 0 Å². The van der Waals surface area contributed by atoms with Crippen molar-refractivity contribution in [2.45, 2.75) is 13.3 Å². The van der Waals surface area contributed by atoms with Crippen molar-refractivity contribution in [1.82, 2.24) is 0 Å². The van der Waals surface area contributed by atoms with Crippen LogP contribution in [-0.2, 0) is 15.5 Å². The number of aryl methyl sites for hydroxylation is 1. The van der Waals surface area contributed by atoms with Crippen molar-refractivity contribution in [3.8, 4) is 5.75 Å².